The minimum atomic E-state index is -3.50. The molecule has 1 aliphatic heterocycles. The van der Waals surface area contributed by atoms with Crippen LogP contribution in [0.25, 0.3) is 0 Å². The molecule has 3 rings (SSSR count). The Bertz CT molecular complexity index is 1030. The van der Waals surface area contributed by atoms with Crippen molar-refractivity contribution in [2.24, 2.45) is 0 Å². The number of rotatable bonds is 8. The van der Waals surface area contributed by atoms with E-state index in [9.17, 15) is 13.2 Å². The molecule has 0 aliphatic carbocycles. The van der Waals surface area contributed by atoms with Gasteiger partial charge in [0.05, 0.1) is 11.4 Å². The first-order valence-electron chi connectivity index (χ1n) is 11.2. The highest BCUT2D eigenvalue weighted by Gasteiger charge is 2.22. The maximum atomic E-state index is 12.6. The van der Waals surface area contributed by atoms with Crippen molar-refractivity contribution in [2.45, 2.75) is 32.6 Å². The Balaban J connectivity index is 1.53. The predicted octanol–water partition coefficient (Wildman–Crippen LogP) is 3.09. The van der Waals surface area contributed by atoms with Gasteiger partial charge in [-0.1, -0.05) is 26.0 Å². The number of nitrogens with zero attached hydrogens (tertiary/aromatic N) is 3. The van der Waals surface area contributed by atoms with Crippen LogP contribution in [0.5, 0.6) is 0 Å². The van der Waals surface area contributed by atoms with Crippen molar-refractivity contribution in [1.29, 1.82) is 0 Å². The summed E-state index contributed by atoms with van der Waals surface area (Å²) >= 11 is 0. The van der Waals surface area contributed by atoms with Gasteiger partial charge < -0.3 is 10.2 Å². The average molecular weight is 459 g/mol. The van der Waals surface area contributed by atoms with E-state index in [2.05, 4.69) is 47.2 Å². The van der Waals surface area contributed by atoms with E-state index in [1.165, 1.54) is 21.1 Å². The molecule has 1 saturated heterocycles. The van der Waals surface area contributed by atoms with Crippen LogP contribution in [0, 0.1) is 13.8 Å². The zero-order valence-corrected chi connectivity index (χ0v) is 20.3. The predicted molar refractivity (Wildman–Crippen MR) is 130 cm³/mol. The molecule has 0 spiro atoms. The van der Waals surface area contributed by atoms with Gasteiger partial charge in [-0.15, -0.1) is 0 Å². The topological polar surface area (TPSA) is 73.0 Å². The Morgan fingerprint density at radius 2 is 1.59 bits per heavy atom. The summed E-state index contributed by atoms with van der Waals surface area (Å²) in [7, 11) is -3.50. The highest BCUT2D eigenvalue weighted by molar-refractivity contribution is 7.89. The molecule has 2 aromatic carbocycles. The second-order valence-corrected chi connectivity index (χ2v) is 10.1. The van der Waals surface area contributed by atoms with E-state index in [0.29, 0.717) is 25.3 Å². The van der Waals surface area contributed by atoms with Crippen LogP contribution in [0.2, 0.25) is 0 Å². The number of carbonyl (C=O) groups excluding carboxylic acids is 1. The number of piperazine rings is 1. The maximum Gasteiger partial charge on any atom is 0.243 e. The van der Waals surface area contributed by atoms with Crippen LogP contribution in [-0.2, 0) is 14.8 Å². The van der Waals surface area contributed by atoms with Crippen molar-refractivity contribution in [2.75, 3.05) is 56.0 Å². The standard InChI is InChI=1S/C24H34N4O3S/c1-5-28(6-2)32(30,31)22-12-10-21(11-13-22)25-24(29)18-26-14-16-27(17-15-26)23-9-7-8-19(3)20(23)4/h7-13H,5-6,14-18H2,1-4H3,(H,25,29). The monoisotopic (exact) mass is 458 g/mol. The number of amides is 1. The molecule has 1 fully saturated rings. The fourth-order valence-electron chi connectivity index (χ4n) is 4.05. The minimum Gasteiger partial charge on any atom is -0.369 e. The van der Waals surface area contributed by atoms with Gasteiger partial charge in [-0.05, 0) is 55.3 Å². The molecule has 0 radical (unpaired) electrons. The SMILES string of the molecule is CCN(CC)S(=O)(=O)c1ccc(NC(=O)CN2CCN(c3cccc(C)c3C)CC2)cc1. The molecular weight excluding hydrogens is 424 g/mol. The summed E-state index contributed by atoms with van der Waals surface area (Å²) in [5, 5.41) is 2.88. The molecule has 0 atom stereocenters. The molecule has 0 unspecified atom stereocenters. The highest BCUT2D eigenvalue weighted by atomic mass is 32.2. The fourth-order valence-corrected chi connectivity index (χ4v) is 5.51. The van der Waals surface area contributed by atoms with Crippen LogP contribution in [-0.4, -0.2) is 69.3 Å². The summed E-state index contributed by atoms with van der Waals surface area (Å²) in [5.74, 6) is -0.0930. The van der Waals surface area contributed by atoms with Crippen molar-refractivity contribution >= 4 is 27.3 Å². The number of hydrogen-bond acceptors (Lipinski definition) is 5. The molecule has 2 aromatic rings. The number of carbonyl (C=O) groups is 1. The van der Waals surface area contributed by atoms with Crippen molar-refractivity contribution in [3.63, 3.8) is 0 Å². The van der Waals surface area contributed by atoms with Crippen LogP contribution in [0.4, 0.5) is 11.4 Å². The third-order valence-corrected chi connectivity index (χ3v) is 8.20. The van der Waals surface area contributed by atoms with Gasteiger partial charge in [-0.25, -0.2) is 8.42 Å². The van der Waals surface area contributed by atoms with Gasteiger partial charge in [0.1, 0.15) is 0 Å². The number of sulfonamides is 1. The first-order chi connectivity index (χ1) is 15.3. The van der Waals surface area contributed by atoms with Crippen molar-refractivity contribution < 1.29 is 13.2 Å². The first-order valence-corrected chi connectivity index (χ1v) is 12.6. The quantitative estimate of drug-likeness (QED) is 0.658. The molecule has 1 N–H and O–H groups in total. The molecule has 7 nitrogen and oxygen atoms in total. The second kappa shape index (κ2) is 10.5. The van der Waals surface area contributed by atoms with Crippen LogP contribution in [0.15, 0.2) is 47.4 Å². The van der Waals surface area contributed by atoms with Gasteiger partial charge in [-0.2, -0.15) is 4.31 Å². The van der Waals surface area contributed by atoms with Crippen molar-refractivity contribution in [1.82, 2.24) is 9.21 Å². The summed E-state index contributed by atoms with van der Waals surface area (Å²) in [6.07, 6.45) is 0. The Kier molecular flexibility index (Phi) is 7.92. The average Bonchev–Trinajstić information content (AvgIpc) is 2.77. The molecule has 32 heavy (non-hydrogen) atoms. The Morgan fingerprint density at radius 1 is 0.969 bits per heavy atom. The number of anilines is 2. The van der Waals surface area contributed by atoms with Crippen LogP contribution < -0.4 is 10.2 Å². The Hall–Kier alpha value is -2.42. The maximum absolute atomic E-state index is 12.6. The first kappa shape index (κ1) is 24.2. The van der Waals surface area contributed by atoms with E-state index < -0.39 is 10.0 Å². The van der Waals surface area contributed by atoms with E-state index in [1.807, 2.05) is 13.8 Å². The molecule has 174 valence electrons. The lowest BCUT2D eigenvalue weighted by atomic mass is 10.1. The van der Waals surface area contributed by atoms with Gasteiger partial charge >= 0.3 is 0 Å². The van der Waals surface area contributed by atoms with E-state index >= 15 is 0 Å². The molecule has 0 aromatic heterocycles. The minimum absolute atomic E-state index is 0.0930. The third kappa shape index (κ3) is 5.49. The van der Waals surface area contributed by atoms with E-state index in [1.54, 1.807) is 24.3 Å². The Labute approximate surface area is 192 Å². The van der Waals surface area contributed by atoms with Gasteiger partial charge in [-0.3, -0.25) is 9.69 Å². The third-order valence-electron chi connectivity index (χ3n) is 6.14. The molecular formula is C24H34N4O3S. The molecule has 0 saturated carbocycles. The summed E-state index contributed by atoms with van der Waals surface area (Å²) < 4.78 is 26.6. The van der Waals surface area contributed by atoms with E-state index in [4.69, 9.17) is 0 Å². The molecule has 1 heterocycles. The molecule has 1 aliphatic rings. The molecule has 8 heteroatoms. The zero-order chi connectivity index (χ0) is 23.3. The van der Waals surface area contributed by atoms with E-state index in [-0.39, 0.29) is 10.8 Å². The number of aryl methyl sites for hydroxylation is 1. The number of hydrogen-bond donors (Lipinski definition) is 1. The van der Waals surface area contributed by atoms with Crippen molar-refractivity contribution in [3.05, 3.63) is 53.6 Å². The fraction of sp³-hybridized carbons (Fsp3) is 0.458. The van der Waals surface area contributed by atoms with Crippen molar-refractivity contribution in [3.8, 4) is 0 Å². The normalized spacial score (nSPS) is 15.2. The summed E-state index contributed by atoms with van der Waals surface area (Å²) in [5.41, 5.74) is 4.47. The lowest BCUT2D eigenvalue weighted by Gasteiger charge is -2.36. The lowest BCUT2D eigenvalue weighted by molar-refractivity contribution is -0.117. The second-order valence-electron chi connectivity index (χ2n) is 8.14. The molecule has 0 bridgehead atoms. The summed E-state index contributed by atoms with van der Waals surface area (Å²) in [4.78, 5) is 17.3. The van der Waals surface area contributed by atoms with Gasteiger partial charge in [0, 0.05) is 50.6 Å². The summed E-state index contributed by atoms with van der Waals surface area (Å²) in [6, 6.07) is 12.8. The summed E-state index contributed by atoms with van der Waals surface area (Å²) in [6.45, 7) is 12.5. The smallest absolute Gasteiger partial charge is 0.243 e. The van der Waals surface area contributed by atoms with Gasteiger partial charge in [0.2, 0.25) is 15.9 Å². The van der Waals surface area contributed by atoms with E-state index in [0.717, 1.165) is 26.2 Å². The van der Waals surface area contributed by atoms with Crippen LogP contribution >= 0.6 is 0 Å². The number of benzene rings is 2. The van der Waals surface area contributed by atoms with Gasteiger partial charge in [0.25, 0.3) is 0 Å². The van der Waals surface area contributed by atoms with Crippen LogP contribution in [0.3, 0.4) is 0 Å². The lowest BCUT2D eigenvalue weighted by Crippen LogP contribution is -2.48. The largest absolute Gasteiger partial charge is 0.369 e. The van der Waals surface area contributed by atoms with Crippen LogP contribution in [0.1, 0.15) is 25.0 Å². The highest BCUT2D eigenvalue weighted by Crippen LogP contribution is 2.24. The Morgan fingerprint density at radius 3 is 2.19 bits per heavy atom. The molecule has 1 amide bonds. The number of nitrogens with one attached hydrogen (secondary N) is 1. The van der Waals surface area contributed by atoms with Gasteiger partial charge in [0.15, 0.2) is 0 Å². The zero-order valence-electron chi connectivity index (χ0n) is 19.5.